The predicted molar refractivity (Wildman–Crippen MR) is 57.1 cm³/mol. The first-order valence-corrected chi connectivity index (χ1v) is 5.11. The van der Waals surface area contributed by atoms with Crippen molar-refractivity contribution in [2.45, 2.75) is 6.43 Å². The monoisotopic (exact) mass is 351 g/mol. The number of hydrogen-bond acceptors (Lipinski definition) is 2. The Hall–Kier alpha value is -0.0100. The van der Waals surface area contributed by atoms with Gasteiger partial charge in [-0.25, -0.2) is 13.8 Å². The van der Waals surface area contributed by atoms with E-state index in [2.05, 4.69) is 4.98 Å². The summed E-state index contributed by atoms with van der Waals surface area (Å²) in [6.45, 7) is 0. The number of halogens is 5. The molecule has 1 heterocycles. The lowest BCUT2D eigenvalue weighted by atomic mass is 10.2. The molecule has 14 heavy (non-hydrogen) atoms. The maximum atomic E-state index is 12.3. The maximum Gasteiger partial charge on any atom is 0.280 e. The highest BCUT2D eigenvalue weighted by Crippen LogP contribution is 2.27. The van der Waals surface area contributed by atoms with Gasteiger partial charge in [0.05, 0.1) is 10.6 Å². The minimum atomic E-state index is -2.75. The number of nitrogens with zero attached hydrogens (tertiary/aromatic N) is 1. The van der Waals surface area contributed by atoms with Crippen LogP contribution in [0.5, 0.6) is 0 Å². The highest BCUT2D eigenvalue weighted by Gasteiger charge is 2.18. The van der Waals surface area contributed by atoms with E-state index in [1.54, 1.807) is 22.6 Å². The van der Waals surface area contributed by atoms with Gasteiger partial charge in [0, 0.05) is 0 Å². The van der Waals surface area contributed by atoms with Gasteiger partial charge in [-0.2, -0.15) is 0 Å². The van der Waals surface area contributed by atoms with E-state index in [1.165, 1.54) is 0 Å². The summed E-state index contributed by atoms with van der Waals surface area (Å²) in [6, 6.07) is 0.893. The smallest absolute Gasteiger partial charge is 0.276 e. The minimum absolute atomic E-state index is 0.00463. The molecule has 0 unspecified atom stereocenters. The standard InChI is InChI=1S/C7H2Cl2F2INO/c8-4-2(5(9)14)1-3(6(10)11)13-7(4)12/h1,6H. The van der Waals surface area contributed by atoms with Crippen LogP contribution in [0.4, 0.5) is 8.78 Å². The Morgan fingerprint density at radius 1 is 1.57 bits per heavy atom. The van der Waals surface area contributed by atoms with E-state index in [9.17, 15) is 13.6 Å². The fourth-order valence-corrected chi connectivity index (χ4v) is 1.72. The highest BCUT2D eigenvalue weighted by atomic mass is 127. The zero-order chi connectivity index (χ0) is 10.9. The quantitative estimate of drug-likeness (QED) is 0.462. The van der Waals surface area contributed by atoms with E-state index >= 15 is 0 Å². The topological polar surface area (TPSA) is 30.0 Å². The molecule has 0 N–H and O–H groups in total. The predicted octanol–water partition coefficient (Wildman–Crippen LogP) is 3.66. The van der Waals surface area contributed by atoms with Crippen LogP contribution in [0.25, 0.3) is 0 Å². The van der Waals surface area contributed by atoms with Gasteiger partial charge in [-0.1, -0.05) is 11.6 Å². The Morgan fingerprint density at radius 3 is 2.57 bits per heavy atom. The van der Waals surface area contributed by atoms with E-state index in [0.29, 0.717) is 0 Å². The molecule has 0 saturated carbocycles. The van der Waals surface area contributed by atoms with Crippen molar-refractivity contribution < 1.29 is 13.6 Å². The molecule has 7 heteroatoms. The molecule has 0 aliphatic carbocycles. The first kappa shape index (κ1) is 12.1. The molecule has 2 nitrogen and oxygen atoms in total. The Bertz CT molecular complexity index is 386. The molecule has 1 aromatic rings. The van der Waals surface area contributed by atoms with Gasteiger partial charge in [0.15, 0.2) is 0 Å². The lowest BCUT2D eigenvalue weighted by Crippen LogP contribution is -2.00. The summed E-state index contributed by atoms with van der Waals surface area (Å²) in [5.41, 5.74) is -0.661. The molecule has 76 valence electrons. The van der Waals surface area contributed by atoms with Crippen molar-refractivity contribution in [3.05, 3.63) is 26.0 Å². The Morgan fingerprint density at radius 2 is 2.14 bits per heavy atom. The van der Waals surface area contributed by atoms with Gasteiger partial charge in [-0.05, 0) is 40.3 Å². The first-order chi connectivity index (χ1) is 6.43. The zero-order valence-electron chi connectivity index (χ0n) is 6.40. The molecule has 1 aromatic heterocycles. The third-order valence-corrected chi connectivity index (χ3v) is 3.06. The van der Waals surface area contributed by atoms with Gasteiger partial charge >= 0.3 is 0 Å². The molecule has 0 aromatic carbocycles. The van der Waals surface area contributed by atoms with Gasteiger partial charge in [-0.3, -0.25) is 4.79 Å². The molecule has 0 aliphatic heterocycles. The van der Waals surface area contributed by atoms with Crippen LogP contribution in [0.1, 0.15) is 22.5 Å². The van der Waals surface area contributed by atoms with Crippen molar-refractivity contribution in [2.24, 2.45) is 0 Å². The number of pyridine rings is 1. The summed E-state index contributed by atoms with van der Waals surface area (Å²) in [4.78, 5) is 14.3. The Labute approximate surface area is 102 Å². The normalized spacial score (nSPS) is 10.7. The van der Waals surface area contributed by atoms with Crippen molar-refractivity contribution in [1.82, 2.24) is 4.98 Å². The van der Waals surface area contributed by atoms with E-state index in [0.717, 1.165) is 6.07 Å². The second-order valence-corrected chi connectivity index (χ2v) is 4.02. The van der Waals surface area contributed by atoms with Crippen molar-refractivity contribution >= 4 is 51.0 Å². The molecular formula is C7H2Cl2F2INO. The molecule has 0 fully saturated rings. The van der Waals surface area contributed by atoms with Crippen molar-refractivity contribution in [1.29, 1.82) is 0 Å². The Balaban J connectivity index is 3.35. The molecule has 0 radical (unpaired) electrons. The summed E-state index contributed by atoms with van der Waals surface area (Å²) in [5, 5.41) is -0.882. The van der Waals surface area contributed by atoms with Gasteiger partial charge in [0.2, 0.25) is 0 Å². The van der Waals surface area contributed by atoms with Crippen molar-refractivity contribution in [2.75, 3.05) is 0 Å². The molecule has 0 aliphatic rings. The van der Waals surface area contributed by atoms with Crippen LogP contribution in [0, 0.1) is 3.70 Å². The van der Waals surface area contributed by atoms with Crippen LogP contribution in [0.2, 0.25) is 5.02 Å². The number of carbonyl (C=O) groups excluding carboxylic acids is 1. The van der Waals surface area contributed by atoms with Crippen LogP contribution >= 0.6 is 45.8 Å². The summed E-state index contributed by atoms with van der Waals surface area (Å²) < 4.78 is 24.6. The van der Waals surface area contributed by atoms with Crippen LogP contribution in [-0.4, -0.2) is 10.2 Å². The fraction of sp³-hybridized carbons (Fsp3) is 0.143. The zero-order valence-corrected chi connectivity index (χ0v) is 10.1. The second kappa shape index (κ2) is 4.67. The van der Waals surface area contributed by atoms with Crippen molar-refractivity contribution in [3.63, 3.8) is 0 Å². The molecule has 0 atom stereocenters. The van der Waals surface area contributed by atoms with Gasteiger partial charge in [-0.15, -0.1) is 0 Å². The summed E-state index contributed by atoms with van der Waals surface area (Å²) in [7, 11) is 0. The van der Waals surface area contributed by atoms with Gasteiger partial charge < -0.3 is 0 Å². The number of alkyl halides is 2. The number of carbonyl (C=O) groups is 1. The minimum Gasteiger partial charge on any atom is -0.276 e. The molecule has 0 spiro atoms. The van der Waals surface area contributed by atoms with Crippen LogP contribution < -0.4 is 0 Å². The third kappa shape index (κ3) is 2.52. The van der Waals surface area contributed by atoms with Crippen LogP contribution in [0.3, 0.4) is 0 Å². The molecule has 0 saturated heterocycles. The van der Waals surface area contributed by atoms with E-state index < -0.39 is 17.4 Å². The summed E-state index contributed by atoms with van der Waals surface area (Å²) in [5.74, 6) is 0. The summed E-state index contributed by atoms with van der Waals surface area (Å²) >= 11 is 12.5. The molecule has 1 rings (SSSR count). The van der Waals surface area contributed by atoms with Crippen molar-refractivity contribution in [3.8, 4) is 0 Å². The molecular weight excluding hydrogens is 350 g/mol. The molecule has 0 bridgehead atoms. The summed E-state index contributed by atoms with van der Waals surface area (Å²) in [6.07, 6.45) is -2.75. The molecule has 0 amide bonds. The SMILES string of the molecule is O=C(Cl)c1cc(C(F)F)nc(I)c1Cl. The van der Waals surface area contributed by atoms with E-state index in [4.69, 9.17) is 23.2 Å². The fourth-order valence-electron chi connectivity index (χ4n) is 0.772. The van der Waals surface area contributed by atoms with Gasteiger partial charge in [0.25, 0.3) is 11.7 Å². The third-order valence-electron chi connectivity index (χ3n) is 1.37. The largest absolute Gasteiger partial charge is 0.280 e. The maximum absolute atomic E-state index is 12.3. The lowest BCUT2D eigenvalue weighted by molar-refractivity contribution is 0.108. The van der Waals surface area contributed by atoms with E-state index in [-0.39, 0.29) is 14.3 Å². The van der Waals surface area contributed by atoms with E-state index in [1.807, 2.05) is 0 Å². The lowest BCUT2D eigenvalue weighted by Gasteiger charge is -2.04. The average Bonchev–Trinajstić information content (AvgIpc) is 2.08. The van der Waals surface area contributed by atoms with Gasteiger partial charge in [0.1, 0.15) is 9.39 Å². The number of aromatic nitrogens is 1. The number of rotatable bonds is 2. The highest BCUT2D eigenvalue weighted by molar-refractivity contribution is 14.1. The second-order valence-electron chi connectivity index (χ2n) is 2.27. The Kier molecular flexibility index (Phi) is 4.03. The van der Waals surface area contributed by atoms with Crippen LogP contribution in [0.15, 0.2) is 6.07 Å². The first-order valence-electron chi connectivity index (χ1n) is 3.27. The average molecular weight is 352 g/mol. The van der Waals surface area contributed by atoms with Crippen LogP contribution in [-0.2, 0) is 0 Å². The number of hydrogen-bond donors (Lipinski definition) is 0.